The summed E-state index contributed by atoms with van der Waals surface area (Å²) in [6, 6.07) is 7.77. The molecule has 21 heavy (non-hydrogen) atoms. The number of carbonyl (C=O) groups excluding carboxylic acids is 1. The van der Waals surface area contributed by atoms with Crippen molar-refractivity contribution >= 4 is 16.9 Å². The van der Waals surface area contributed by atoms with Gasteiger partial charge in [-0.25, -0.2) is 0 Å². The molecule has 2 aromatic rings. The zero-order valence-corrected chi connectivity index (χ0v) is 11.9. The Morgan fingerprint density at radius 1 is 1.19 bits per heavy atom. The Labute approximate surface area is 122 Å². The smallest absolute Gasteiger partial charge is 0.246 e. The highest BCUT2D eigenvalue weighted by Gasteiger charge is 2.42. The number of benzene rings is 1. The van der Waals surface area contributed by atoms with Crippen LogP contribution in [0.15, 0.2) is 24.3 Å². The van der Waals surface area contributed by atoms with Crippen LogP contribution in [0.2, 0.25) is 0 Å². The van der Waals surface area contributed by atoms with E-state index in [1.54, 1.807) is 0 Å². The Morgan fingerprint density at radius 3 is 2.48 bits per heavy atom. The molecule has 2 fully saturated rings. The maximum absolute atomic E-state index is 12.4. The molecule has 1 saturated heterocycles. The molecule has 0 spiro atoms. The highest BCUT2D eigenvalue weighted by atomic mass is 16.2. The van der Waals surface area contributed by atoms with Crippen LogP contribution < -0.4 is 5.73 Å². The van der Waals surface area contributed by atoms with Crippen molar-refractivity contribution in [1.29, 1.82) is 0 Å². The number of nitrogens with two attached hydrogens (primary N) is 1. The van der Waals surface area contributed by atoms with Crippen LogP contribution >= 0.6 is 0 Å². The van der Waals surface area contributed by atoms with Crippen LogP contribution in [0.5, 0.6) is 0 Å². The monoisotopic (exact) mass is 285 g/mol. The summed E-state index contributed by atoms with van der Waals surface area (Å²) >= 11 is 0. The van der Waals surface area contributed by atoms with Crippen molar-refractivity contribution in [2.75, 3.05) is 13.1 Å². The fourth-order valence-electron chi connectivity index (χ4n) is 3.28. The van der Waals surface area contributed by atoms with Crippen LogP contribution in [0, 0.1) is 11.8 Å². The van der Waals surface area contributed by atoms with E-state index in [2.05, 4.69) is 10.2 Å². The summed E-state index contributed by atoms with van der Waals surface area (Å²) in [5.41, 5.74) is 7.81. The van der Waals surface area contributed by atoms with Gasteiger partial charge in [0.15, 0.2) is 0 Å². The van der Waals surface area contributed by atoms with Gasteiger partial charge in [0, 0.05) is 19.1 Å². The maximum atomic E-state index is 12.4. The highest BCUT2D eigenvalue weighted by molar-refractivity contribution is 5.77. The largest absolute Gasteiger partial charge is 0.339 e. The van der Waals surface area contributed by atoms with Gasteiger partial charge in [0.1, 0.15) is 17.6 Å². The second-order valence-corrected chi connectivity index (χ2v) is 6.18. The quantitative estimate of drug-likeness (QED) is 0.897. The van der Waals surface area contributed by atoms with Gasteiger partial charge in [-0.05, 0) is 36.8 Å². The molecule has 1 aromatic carbocycles. The molecule has 0 radical (unpaired) electrons. The van der Waals surface area contributed by atoms with Crippen molar-refractivity contribution in [1.82, 2.24) is 19.9 Å². The molecule has 1 aromatic heterocycles. The van der Waals surface area contributed by atoms with Gasteiger partial charge < -0.3 is 10.6 Å². The topological polar surface area (TPSA) is 77.0 Å². The molecule has 1 amide bonds. The van der Waals surface area contributed by atoms with Crippen molar-refractivity contribution in [3.8, 4) is 0 Å². The minimum absolute atomic E-state index is 0.0638. The number of aromatic nitrogens is 3. The number of fused-ring (bicyclic) bond motifs is 1. The van der Waals surface area contributed by atoms with Crippen molar-refractivity contribution in [3.63, 3.8) is 0 Å². The van der Waals surface area contributed by atoms with Crippen LogP contribution in [0.3, 0.4) is 0 Å². The lowest BCUT2D eigenvalue weighted by molar-refractivity contribution is -0.131. The van der Waals surface area contributed by atoms with Crippen molar-refractivity contribution in [3.05, 3.63) is 24.3 Å². The second-order valence-electron chi connectivity index (χ2n) is 6.18. The summed E-state index contributed by atoms with van der Waals surface area (Å²) in [7, 11) is 0. The summed E-state index contributed by atoms with van der Waals surface area (Å²) in [5, 5.41) is 8.67. The Bertz CT molecular complexity index is 645. The summed E-state index contributed by atoms with van der Waals surface area (Å²) in [4.78, 5) is 15.8. The highest BCUT2D eigenvalue weighted by Crippen LogP contribution is 2.40. The van der Waals surface area contributed by atoms with Crippen molar-refractivity contribution < 1.29 is 4.79 Å². The van der Waals surface area contributed by atoms with E-state index in [1.165, 1.54) is 17.6 Å². The van der Waals surface area contributed by atoms with Crippen molar-refractivity contribution in [2.24, 2.45) is 17.6 Å². The third-order valence-corrected chi connectivity index (χ3v) is 4.60. The Morgan fingerprint density at radius 2 is 1.86 bits per heavy atom. The third-order valence-electron chi connectivity index (χ3n) is 4.60. The van der Waals surface area contributed by atoms with Gasteiger partial charge in [0.25, 0.3) is 0 Å². The molecule has 2 heterocycles. The van der Waals surface area contributed by atoms with E-state index < -0.39 is 0 Å². The number of likely N-dealkylation sites (tertiary alicyclic amines) is 1. The first-order valence-corrected chi connectivity index (χ1v) is 7.54. The predicted molar refractivity (Wildman–Crippen MR) is 78.3 cm³/mol. The second kappa shape index (κ2) is 4.80. The van der Waals surface area contributed by atoms with Gasteiger partial charge in [-0.1, -0.05) is 12.1 Å². The number of amides is 1. The predicted octanol–water partition coefficient (Wildman–Crippen LogP) is 0.627. The summed E-state index contributed by atoms with van der Waals surface area (Å²) in [5.74, 6) is 1.29. The first-order chi connectivity index (χ1) is 10.2. The van der Waals surface area contributed by atoms with E-state index in [9.17, 15) is 4.79 Å². The average Bonchev–Trinajstić information content (AvgIpc) is 3.11. The molecule has 0 unspecified atom stereocenters. The van der Waals surface area contributed by atoms with Crippen LogP contribution in [0.4, 0.5) is 0 Å². The van der Waals surface area contributed by atoms with E-state index in [-0.39, 0.29) is 18.5 Å². The molecule has 0 bridgehead atoms. The number of rotatable bonds is 3. The Hall–Kier alpha value is -1.95. The zero-order chi connectivity index (χ0) is 14.4. The van der Waals surface area contributed by atoms with Crippen molar-refractivity contribution in [2.45, 2.75) is 25.4 Å². The van der Waals surface area contributed by atoms with Crippen LogP contribution in [-0.2, 0) is 11.3 Å². The van der Waals surface area contributed by atoms with E-state index in [1.807, 2.05) is 29.2 Å². The average molecular weight is 285 g/mol. The minimum atomic E-state index is 0.0638. The Balaban J connectivity index is 1.45. The maximum Gasteiger partial charge on any atom is 0.246 e. The van der Waals surface area contributed by atoms with E-state index in [0.717, 1.165) is 23.5 Å². The fraction of sp³-hybridized carbons (Fsp3) is 0.533. The SMILES string of the molecule is N[C@@H]1CN(C(=O)Cn2nc3ccccc3n2)C[C@H]1C1CC1. The van der Waals surface area contributed by atoms with Gasteiger partial charge in [-0.3, -0.25) is 4.79 Å². The molecule has 1 saturated carbocycles. The number of carbonyl (C=O) groups is 1. The first kappa shape index (κ1) is 12.8. The molecular formula is C15H19N5O. The summed E-state index contributed by atoms with van der Waals surface area (Å²) in [6.07, 6.45) is 2.54. The van der Waals surface area contributed by atoms with Gasteiger partial charge >= 0.3 is 0 Å². The molecule has 4 rings (SSSR count). The molecule has 6 nitrogen and oxygen atoms in total. The van der Waals surface area contributed by atoms with E-state index in [4.69, 9.17) is 5.73 Å². The molecule has 6 heteroatoms. The molecule has 2 aliphatic rings. The van der Waals surface area contributed by atoms with Crippen LogP contribution in [0.1, 0.15) is 12.8 Å². The van der Waals surface area contributed by atoms with Crippen LogP contribution in [-0.4, -0.2) is 44.9 Å². The molecule has 1 aliphatic heterocycles. The van der Waals surface area contributed by atoms with Crippen LogP contribution in [0.25, 0.3) is 11.0 Å². The fourth-order valence-corrected chi connectivity index (χ4v) is 3.28. The number of hydrogen-bond donors (Lipinski definition) is 1. The summed E-state index contributed by atoms with van der Waals surface area (Å²) in [6.45, 7) is 1.66. The Kier molecular flexibility index (Phi) is 2.92. The van der Waals surface area contributed by atoms with Gasteiger partial charge in [0.05, 0.1) is 0 Å². The number of nitrogens with zero attached hydrogens (tertiary/aromatic N) is 4. The molecule has 2 N–H and O–H groups in total. The van der Waals surface area contributed by atoms with Gasteiger partial charge in [-0.15, -0.1) is 0 Å². The molecular weight excluding hydrogens is 266 g/mol. The number of hydrogen-bond acceptors (Lipinski definition) is 4. The van der Waals surface area contributed by atoms with E-state index in [0.29, 0.717) is 12.5 Å². The van der Waals surface area contributed by atoms with Gasteiger partial charge in [0.2, 0.25) is 5.91 Å². The van der Waals surface area contributed by atoms with Gasteiger partial charge in [-0.2, -0.15) is 15.0 Å². The lowest BCUT2D eigenvalue weighted by Crippen LogP contribution is -2.34. The molecule has 1 aliphatic carbocycles. The lowest BCUT2D eigenvalue weighted by Gasteiger charge is -2.15. The lowest BCUT2D eigenvalue weighted by atomic mass is 9.99. The first-order valence-electron chi connectivity index (χ1n) is 7.54. The standard InChI is InChI=1S/C15H19N5O/c16-12-8-19(7-11(12)10-5-6-10)15(21)9-20-17-13-3-1-2-4-14(13)18-20/h1-4,10-12H,5-9,16H2/t11-,12+/m0/s1. The molecule has 2 atom stereocenters. The zero-order valence-electron chi connectivity index (χ0n) is 11.9. The normalized spacial score (nSPS) is 25.7. The van der Waals surface area contributed by atoms with E-state index >= 15 is 0 Å². The third kappa shape index (κ3) is 2.40. The molecule has 110 valence electrons. The minimum Gasteiger partial charge on any atom is -0.339 e. The summed E-state index contributed by atoms with van der Waals surface area (Å²) < 4.78 is 0.